The summed E-state index contributed by atoms with van der Waals surface area (Å²) >= 11 is 0. The highest BCUT2D eigenvalue weighted by atomic mass is 16.5. The van der Waals surface area contributed by atoms with Gasteiger partial charge in [-0.2, -0.15) is 0 Å². The first kappa shape index (κ1) is 19.0. The van der Waals surface area contributed by atoms with Gasteiger partial charge in [0.1, 0.15) is 17.8 Å². The number of nitrogens with zero attached hydrogens (tertiary/aromatic N) is 1. The van der Waals surface area contributed by atoms with Gasteiger partial charge in [0.05, 0.1) is 7.11 Å². The van der Waals surface area contributed by atoms with Crippen molar-refractivity contribution >= 4 is 17.7 Å². The molecule has 0 saturated carbocycles. The largest absolute Gasteiger partial charge is 0.497 e. The molecule has 2 aliphatic heterocycles. The van der Waals surface area contributed by atoms with Crippen LogP contribution < -0.4 is 15.4 Å². The Balaban J connectivity index is 1.42. The van der Waals surface area contributed by atoms with E-state index in [1.54, 1.807) is 36.3 Å². The molecule has 0 radical (unpaired) electrons. The normalized spacial score (nSPS) is 23.3. The number of rotatable bonds is 5. The van der Waals surface area contributed by atoms with E-state index in [2.05, 4.69) is 10.6 Å². The second-order valence-corrected chi connectivity index (χ2v) is 7.40. The van der Waals surface area contributed by atoms with Crippen LogP contribution in [0.4, 0.5) is 0 Å². The Bertz CT molecular complexity index is 931. The Labute approximate surface area is 169 Å². The van der Waals surface area contributed by atoms with Crippen LogP contribution in [0, 0.1) is 0 Å². The molecular formula is C22H23N3O4. The second kappa shape index (κ2) is 7.95. The van der Waals surface area contributed by atoms with E-state index in [0.29, 0.717) is 30.7 Å². The summed E-state index contributed by atoms with van der Waals surface area (Å²) in [6.45, 7) is 0.331. The highest BCUT2D eigenvalue weighted by molar-refractivity contribution is 5.98. The van der Waals surface area contributed by atoms with Crippen molar-refractivity contribution in [2.75, 3.05) is 13.7 Å². The minimum Gasteiger partial charge on any atom is -0.497 e. The molecular weight excluding hydrogens is 370 g/mol. The Morgan fingerprint density at radius 2 is 1.97 bits per heavy atom. The molecule has 2 fully saturated rings. The van der Waals surface area contributed by atoms with Gasteiger partial charge in [0.25, 0.3) is 5.91 Å². The van der Waals surface area contributed by atoms with Crippen LogP contribution in [0.3, 0.4) is 0 Å². The first-order valence-corrected chi connectivity index (χ1v) is 9.65. The lowest BCUT2D eigenvalue weighted by atomic mass is 10.0. The molecule has 150 valence electrons. The van der Waals surface area contributed by atoms with Gasteiger partial charge in [-0.25, -0.2) is 0 Å². The topological polar surface area (TPSA) is 87.7 Å². The van der Waals surface area contributed by atoms with Gasteiger partial charge in [0.15, 0.2) is 0 Å². The van der Waals surface area contributed by atoms with E-state index < -0.39 is 12.1 Å². The minimum atomic E-state index is -0.575. The van der Waals surface area contributed by atoms with E-state index in [1.165, 1.54) is 0 Å². The van der Waals surface area contributed by atoms with Crippen molar-refractivity contribution in [3.05, 3.63) is 65.7 Å². The van der Waals surface area contributed by atoms with E-state index in [0.717, 1.165) is 5.56 Å². The quantitative estimate of drug-likeness (QED) is 0.797. The molecule has 3 atom stereocenters. The zero-order valence-electron chi connectivity index (χ0n) is 16.1. The zero-order chi connectivity index (χ0) is 20.4. The molecule has 0 aliphatic carbocycles. The zero-order valence-corrected chi connectivity index (χ0v) is 16.1. The van der Waals surface area contributed by atoms with Crippen molar-refractivity contribution in [2.24, 2.45) is 0 Å². The van der Waals surface area contributed by atoms with Crippen molar-refractivity contribution in [3.63, 3.8) is 0 Å². The van der Waals surface area contributed by atoms with Crippen LogP contribution in [0.5, 0.6) is 5.75 Å². The SMILES string of the molecule is COc1cccc(C(=O)N[C@H]2C[C@H]3C(=O)N[C@@H](Cc4ccccc4)C(=O)N3C2)c1. The lowest BCUT2D eigenvalue weighted by Gasteiger charge is -2.34. The fraction of sp³-hybridized carbons (Fsp3) is 0.318. The molecule has 2 saturated heterocycles. The number of hydrogen-bond donors (Lipinski definition) is 2. The van der Waals surface area contributed by atoms with Gasteiger partial charge in [0, 0.05) is 24.6 Å². The van der Waals surface area contributed by atoms with Gasteiger partial charge < -0.3 is 20.3 Å². The summed E-state index contributed by atoms with van der Waals surface area (Å²) in [5.41, 5.74) is 1.47. The molecule has 0 aromatic heterocycles. The van der Waals surface area contributed by atoms with Crippen molar-refractivity contribution in [2.45, 2.75) is 31.0 Å². The smallest absolute Gasteiger partial charge is 0.251 e. The number of amides is 3. The molecule has 0 spiro atoms. The van der Waals surface area contributed by atoms with Gasteiger partial charge in [0.2, 0.25) is 11.8 Å². The van der Waals surface area contributed by atoms with Crippen LogP contribution in [-0.4, -0.2) is 54.4 Å². The van der Waals surface area contributed by atoms with Crippen LogP contribution in [-0.2, 0) is 16.0 Å². The van der Waals surface area contributed by atoms with Crippen LogP contribution >= 0.6 is 0 Å². The number of fused-ring (bicyclic) bond motifs is 1. The third-order valence-electron chi connectivity index (χ3n) is 5.45. The predicted octanol–water partition coefficient (Wildman–Crippen LogP) is 1.14. The summed E-state index contributed by atoms with van der Waals surface area (Å²) in [4.78, 5) is 39.7. The number of carbonyl (C=O) groups excluding carboxylic acids is 3. The molecule has 0 bridgehead atoms. The number of hydrogen-bond acceptors (Lipinski definition) is 4. The molecule has 4 rings (SSSR count). The summed E-state index contributed by atoms with van der Waals surface area (Å²) in [7, 11) is 1.54. The molecule has 7 heteroatoms. The maximum absolute atomic E-state index is 12.9. The minimum absolute atomic E-state index is 0.100. The van der Waals surface area contributed by atoms with E-state index >= 15 is 0 Å². The Kier molecular flexibility index (Phi) is 5.20. The van der Waals surface area contributed by atoms with Gasteiger partial charge >= 0.3 is 0 Å². The first-order valence-electron chi connectivity index (χ1n) is 9.65. The van der Waals surface area contributed by atoms with Crippen LogP contribution in [0.25, 0.3) is 0 Å². The molecule has 3 amide bonds. The Morgan fingerprint density at radius 1 is 1.17 bits per heavy atom. The average molecular weight is 393 g/mol. The molecule has 0 unspecified atom stereocenters. The number of methoxy groups -OCH3 is 1. The highest BCUT2D eigenvalue weighted by Gasteiger charge is 2.46. The summed E-state index contributed by atoms with van der Waals surface area (Å²) in [6.07, 6.45) is 0.862. The van der Waals surface area contributed by atoms with Gasteiger partial charge in [-0.15, -0.1) is 0 Å². The van der Waals surface area contributed by atoms with Crippen molar-refractivity contribution in [1.29, 1.82) is 0 Å². The number of nitrogens with one attached hydrogen (secondary N) is 2. The molecule has 2 aromatic rings. The molecule has 2 aliphatic rings. The monoisotopic (exact) mass is 393 g/mol. The van der Waals surface area contributed by atoms with Crippen molar-refractivity contribution in [1.82, 2.24) is 15.5 Å². The summed E-state index contributed by atoms with van der Waals surface area (Å²) in [5.74, 6) is 0.0856. The van der Waals surface area contributed by atoms with Crippen molar-refractivity contribution in [3.8, 4) is 5.75 Å². The van der Waals surface area contributed by atoms with Crippen molar-refractivity contribution < 1.29 is 19.1 Å². The third kappa shape index (κ3) is 3.94. The molecule has 29 heavy (non-hydrogen) atoms. The standard InChI is InChI=1S/C22H23N3O4/c1-29-17-9-5-8-15(11-17)20(26)23-16-12-19-21(27)24-18(22(28)25(19)13-16)10-14-6-3-2-4-7-14/h2-9,11,16,18-19H,10,12-13H2,1H3,(H,23,26)(H,24,27)/t16-,18-,19-/m0/s1. The lowest BCUT2D eigenvalue weighted by Crippen LogP contribution is -2.61. The summed E-state index contributed by atoms with van der Waals surface area (Å²) in [6, 6.07) is 15.1. The van der Waals surface area contributed by atoms with Gasteiger partial charge in [-0.1, -0.05) is 36.4 Å². The Hall–Kier alpha value is -3.35. The molecule has 2 N–H and O–H groups in total. The van der Waals surface area contributed by atoms with E-state index in [4.69, 9.17) is 4.74 Å². The van der Waals surface area contributed by atoms with Gasteiger partial charge in [-0.05, 0) is 30.2 Å². The van der Waals surface area contributed by atoms with Gasteiger partial charge in [-0.3, -0.25) is 14.4 Å². The third-order valence-corrected chi connectivity index (χ3v) is 5.45. The first-order chi connectivity index (χ1) is 14.0. The molecule has 2 heterocycles. The van der Waals surface area contributed by atoms with Crippen LogP contribution in [0.1, 0.15) is 22.3 Å². The van der Waals surface area contributed by atoms with E-state index in [-0.39, 0.29) is 23.8 Å². The lowest BCUT2D eigenvalue weighted by molar-refractivity contribution is -0.147. The molecule has 7 nitrogen and oxygen atoms in total. The van der Waals surface area contributed by atoms with E-state index in [9.17, 15) is 14.4 Å². The predicted molar refractivity (Wildman–Crippen MR) is 106 cm³/mol. The number of carbonyl (C=O) groups is 3. The Morgan fingerprint density at radius 3 is 2.72 bits per heavy atom. The summed E-state index contributed by atoms with van der Waals surface area (Å²) in [5, 5.41) is 5.79. The van der Waals surface area contributed by atoms with Crippen LogP contribution in [0.2, 0.25) is 0 Å². The second-order valence-electron chi connectivity index (χ2n) is 7.40. The fourth-order valence-corrected chi connectivity index (χ4v) is 3.98. The highest BCUT2D eigenvalue weighted by Crippen LogP contribution is 2.24. The number of benzene rings is 2. The van der Waals surface area contributed by atoms with E-state index in [1.807, 2.05) is 30.3 Å². The number of piperazine rings is 1. The maximum atomic E-state index is 12.9. The number of ether oxygens (including phenoxy) is 1. The fourth-order valence-electron chi connectivity index (χ4n) is 3.98. The molecule has 2 aromatic carbocycles. The maximum Gasteiger partial charge on any atom is 0.251 e. The van der Waals surface area contributed by atoms with Crippen LogP contribution in [0.15, 0.2) is 54.6 Å². The summed E-state index contributed by atoms with van der Waals surface area (Å²) < 4.78 is 5.16. The average Bonchev–Trinajstić information content (AvgIpc) is 3.17.